The summed E-state index contributed by atoms with van der Waals surface area (Å²) in [6, 6.07) is -0.754. The number of carbonyl (C=O) groups is 1. The Hall–Kier alpha value is -0.680. The Kier molecular flexibility index (Phi) is 9.13. The van der Waals surface area contributed by atoms with E-state index in [9.17, 15) is 4.79 Å². The van der Waals surface area contributed by atoms with Crippen molar-refractivity contribution in [1.82, 2.24) is 5.32 Å². The molecule has 5 heteroatoms. The molecule has 0 aromatic carbocycles. The SMILES string of the molecule is CCCCCC(=S)NCCC[C@H](N)C(=O)O. The van der Waals surface area contributed by atoms with E-state index in [2.05, 4.69) is 12.2 Å². The summed E-state index contributed by atoms with van der Waals surface area (Å²) in [5.41, 5.74) is 5.37. The van der Waals surface area contributed by atoms with E-state index in [0.29, 0.717) is 13.0 Å². The van der Waals surface area contributed by atoms with Crippen molar-refractivity contribution < 1.29 is 9.90 Å². The zero-order chi connectivity index (χ0) is 12.4. The van der Waals surface area contributed by atoms with Crippen molar-refractivity contribution in [2.24, 2.45) is 5.73 Å². The van der Waals surface area contributed by atoms with Crippen molar-refractivity contribution in [3.8, 4) is 0 Å². The minimum absolute atomic E-state index is 0.486. The Morgan fingerprint density at radius 2 is 2.12 bits per heavy atom. The van der Waals surface area contributed by atoms with Gasteiger partial charge in [0.1, 0.15) is 6.04 Å². The Bertz CT molecular complexity index is 222. The lowest BCUT2D eigenvalue weighted by molar-refractivity contribution is -0.138. The minimum Gasteiger partial charge on any atom is -0.480 e. The second-order valence-electron chi connectivity index (χ2n) is 3.89. The fourth-order valence-electron chi connectivity index (χ4n) is 1.30. The summed E-state index contributed by atoms with van der Waals surface area (Å²) in [6.45, 7) is 2.87. The number of hydrogen-bond donors (Lipinski definition) is 3. The van der Waals surface area contributed by atoms with Gasteiger partial charge in [0.2, 0.25) is 0 Å². The first kappa shape index (κ1) is 15.3. The van der Waals surface area contributed by atoms with E-state index in [-0.39, 0.29) is 0 Å². The first-order chi connectivity index (χ1) is 7.57. The largest absolute Gasteiger partial charge is 0.480 e. The van der Waals surface area contributed by atoms with Crippen LogP contribution in [0.5, 0.6) is 0 Å². The number of thiocarbonyl (C=S) groups is 1. The van der Waals surface area contributed by atoms with E-state index in [1.54, 1.807) is 0 Å². The third-order valence-corrected chi connectivity index (χ3v) is 2.69. The number of nitrogens with two attached hydrogens (primary N) is 1. The highest BCUT2D eigenvalue weighted by molar-refractivity contribution is 7.80. The smallest absolute Gasteiger partial charge is 0.320 e. The Morgan fingerprint density at radius 3 is 2.69 bits per heavy atom. The molecule has 0 bridgehead atoms. The van der Waals surface area contributed by atoms with E-state index in [1.807, 2.05) is 0 Å². The molecule has 0 saturated heterocycles. The average Bonchev–Trinajstić information content (AvgIpc) is 2.24. The van der Waals surface area contributed by atoms with Gasteiger partial charge in [0.15, 0.2) is 0 Å². The first-order valence-corrected chi connectivity index (χ1v) is 6.23. The average molecular weight is 246 g/mol. The predicted octanol–water partition coefficient (Wildman–Crippen LogP) is 1.68. The number of hydrogen-bond acceptors (Lipinski definition) is 3. The first-order valence-electron chi connectivity index (χ1n) is 5.83. The van der Waals surface area contributed by atoms with Gasteiger partial charge in [-0.15, -0.1) is 0 Å². The molecule has 94 valence electrons. The highest BCUT2D eigenvalue weighted by atomic mass is 32.1. The summed E-state index contributed by atoms with van der Waals surface area (Å²) in [5, 5.41) is 11.7. The summed E-state index contributed by atoms with van der Waals surface area (Å²) in [4.78, 5) is 11.3. The lowest BCUT2D eigenvalue weighted by Gasteiger charge is -2.09. The van der Waals surface area contributed by atoms with Gasteiger partial charge in [-0.1, -0.05) is 32.0 Å². The molecule has 0 aromatic heterocycles. The second kappa shape index (κ2) is 9.54. The van der Waals surface area contributed by atoms with E-state index in [1.165, 1.54) is 12.8 Å². The number of aliphatic carboxylic acids is 1. The van der Waals surface area contributed by atoms with Crippen molar-refractivity contribution in [1.29, 1.82) is 0 Å². The van der Waals surface area contributed by atoms with Gasteiger partial charge in [-0.05, 0) is 25.7 Å². The molecule has 1 atom stereocenters. The quantitative estimate of drug-likeness (QED) is 0.426. The fraction of sp³-hybridized carbons (Fsp3) is 0.818. The van der Waals surface area contributed by atoms with Crippen LogP contribution in [0.1, 0.15) is 45.4 Å². The highest BCUT2D eigenvalue weighted by Gasteiger charge is 2.09. The number of carboxylic acids is 1. The van der Waals surface area contributed by atoms with Crippen LogP contribution in [0, 0.1) is 0 Å². The lowest BCUT2D eigenvalue weighted by Crippen LogP contribution is -2.31. The van der Waals surface area contributed by atoms with E-state index >= 15 is 0 Å². The second-order valence-corrected chi connectivity index (χ2v) is 4.39. The predicted molar refractivity (Wildman–Crippen MR) is 69.6 cm³/mol. The summed E-state index contributed by atoms with van der Waals surface area (Å²) in [6.07, 6.45) is 5.66. The molecule has 4 nitrogen and oxygen atoms in total. The molecule has 0 aliphatic heterocycles. The van der Waals surface area contributed by atoms with Crippen molar-refractivity contribution in [2.45, 2.75) is 51.5 Å². The Morgan fingerprint density at radius 1 is 1.44 bits per heavy atom. The van der Waals surface area contributed by atoms with Crippen LogP contribution in [-0.4, -0.2) is 28.7 Å². The van der Waals surface area contributed by atoms with Gasteiger partial charge in [0.05, 0.1) is 4.99 Å². The van der Waals surface area contributed by atoms with Crippen LogP contribution in [0.25, 0.3) is 0 Å². The summed E-state index contributed by atoms with van der Waals surface area (Å²) < 4.78 is 0. The maximum atomic E-state index is 10.4. The molecule has 0 aliphatic carbocycles. The molecule has 0 amide bonds. The monoisotopic (exact) mass is 246 g/mol. The molecule has 0 aromatic rings. The Labute approximate surface area is 103 Å². The van der Waals surface area contributed by atoms with E-state index < -0.39 is 12.0 Å². The van der Waals surface area contributed by atoms with Crippen LogP contribution in [0.4, 0.5) is 0 Å². The zero-order valence-corrected chi connectivity index (χ0v) is 10.7. The van der Waals surface area contributed by atoms with Gasteiger partial charge in [0, 0.05) is 6.54 Å². The van der Waals surface area contributed by atoms with Crippen molar-refractivity contribution in [3.63, 3.8) is 0 Å². The molecule has 0 aliphatic rings. The van der Waals surface area contributed by atoms with Crippen molar-refractivity contribution in [2.75, 3.05) is 6.54 Å². The van der Waals surface area contributed by atoms with Crippen LogP contribution in [0.2, 0.25) is 0 Å². The molecule has 0 fully saturated rings. The van der Waals surface area contributed by atoms with Gasteiger partial charge >= 0.3 is 5.97 Å². The lowest BCUT2D eigenvalue weighted by atomic mass is 10.1. The topological polar surface area (TPSA) is 75.3 Å². The molecule has 4 N–H and O–H groups in total. The van der Waals surface area contributed by atoms with Crippen molar-refractivity contribution in [3.05, 3.63) is 0 Å². The van der Waals surface area contributed by atoms with Crippen LogP contribution in [0.3, 0.4) is 0 Å². The normalized spacial score (nSPS) is 12.1. The van der Waals surface area contributed by atoms with Gasteiger partial charge < -0.3 is 16.2 Å². The van der Waals surface area contributed by atoms with Gasteiger partial charge in [-0.25, -0.2) is 0 Å². The zero-order valence-electron chi connectivity index (χ0n) is 9.87. The van der Waals surface area contributed by atoms with Crippen LogP contribution >= 0.6 is 12.2 Å². The summed E-state index contributed by atoms with van der Waals surface area (Å²) in [5.74, 6) is -0.939. The molecule has 0 unspecified atom stereocenters. The number of rotatable bonds is 9. The van der Waals surface area contributed by atoms with E-state index in [0.717, 1.165) is 24.3 Å². The molecule has 0 radical (unpaired) electrons. The summed E-state index contributed by atoms with van der Waals surface area (Å²) in [7, 11) is 0. The highest BCUT2D eigenvalue weighted by Crippen LogP contribution is 2.00. The molecule has 0 saturated carbocycles. The third kappa shape index (κ3) is 8.61. The number of nitrogens with one attached hydrogen (secondary N) is 1. The van der Waals surface area contributed by atoms with Crippen LogP contribution in [-0.2, 0) is 4.79 Å². The van der Waals surface area contributed by atoms with E-state index in [4.69, 9.17) is 23.1 Å². The standard InChI is InChI=1S/C11H22N2O2S/c1-2-3-4-7-10(16)13-8-5-6-9(12)11(14)15/h9H,2-8,12H2,1H3,(H,13,16)(H,14,15)/t9-/m0/s1. The minimum atomic E-state index is -0.939. The molecule has 0 rings (SSSR count). The summed E-state index contributed by atoms with van der Waals surface area (Å²) >= 11 is 5.14. The maximum absolute atomic E-state index is 10.4. The van der Waals surface area contributed by atoms with Crippen LogP contribution in [0.15, 0.2) is 0 Å². The third-order valence-electron chi connectivity index (χ3n) is 2.34. The van der Waals surface area contributed by atoms with Gasteiger partial charge in [0.25, 0.3) is 0 Å². The molecule has 16 heavy (non-hydrogen) atoms. The molecular formula is C11H22N2O2S. The Balaban J connectivity index is 3.37. The fourth-order valence-corrected chi connectivity index (χ4v) is 1.54. The molecule has 0 heterocycles. The number of carboxylic acid groups (broad SMARTS) is 1. The van der Waals surface area contributed by atoms with Crippen LogP contribution < -0.4 is 11.1 Å². The molecular weight excluding hydrogens is 224 g/mol. The maximum Gasteiger partial charge on any atom is 0.320 e. The molecule has 0 spiro atoms. The van der Waals surface area contributed by atoms with Gasteiger partial charge in [-0.2, -0.15) is 0 Å². The van der Waals surface area contributed by atoms with Crippen molar-refractivity contribution >= 4 is 23.2 Å². The number of unbranched alkanes of at least 4 members (excludes halogenated alkanes) is 2. The van der Waals surface area contributed by atoms with Gasteiger partial charge in [-0.3, -0.25) is 4.79 Å².